The van der Waals surface area contributed by atoms with Crippen molar-refractivity contribution in [2.45, 2.75) is 58.2 Å². The van der Waals surface area contributed by atoms with Crippen LogP contribution in [0.3, 0.4) is 0 Å². The van der Waals surface area contributed by atoms with Crippen molar-refractivity contribution in [3.63, 3.8) is 0 Å². The van der Waals surface area contributed by atoms with Crippen LogP contribution in [0.15, 0.2) is 0 Å². The lowest BCUT2D eigenvalue weighted by atomic mass is 10.0. The van der Waals surface area contributed by atoms with Crippen LogP contribution in [0.25, 0.3) is 0 Å². The molecule has 0 rings (SSSR count). The van der Waals surface area contributed by atoms with Gasteiger partial charge in [-0.15, -0.1) is 0 Å². The highest BCUT2D eigenvalue weighted by Gasteiger charge is 2.29. The van der Waals surface area contributed by atoms with E-state index in [1.54, 1.807) is 13.8 Å². The topological polar surface area (TPSA) is 177 Å². The maximum absolute atomic E-state index is 12.5. The van der Waals surface area contributed by atoms with Gasteiger partial charge in [-0.25, -0.2) is 4.79 Å². The number of carboxylic acid groups (broad SMARTS) is 1. The van der Waals surface area contributed by atoms with Gasteiger partial charge in [0.25, 0.3) is 0 Å². The predicted octanol–water partition coefficient (Wildman–Crippen LogP) is -1.71. The first kappa shape index (κ1) is 23.8. The Morgan fingerprint density at radius 2 is 1.54 bits per heavy atom. The number of hydrogen-bond donors (Lipinski definition) is 6. The average molecular weight is 373 g/mol. The number of carbonyl (C=O) groups excluding carboxylic acids is 3. The van der Waals surface area contributed by atoms with Gasteiger partial charge in [-0.3, -0.25) is 14.4 Å². The third kappa shape index (κ3) is 8.77. The van der Waals surface area contributed by atoms with Gasteiger partial charge in [0.1, 0.15) is 18.1 Å². The normalized spacial score (nSPS) is 14.2. The van der Waals surface area contributed by atoms with Crippen LogP contribution in [-0.4, -0.2) is 60.0 Å². The summed E-state index contributed by atoms with van der Waals surface area (Å²) in [5.74, 6) is -3.11. The van der Waals surface area contributed by atoms with Crippen LogP contribution in [0.4, 0.5) is 0 Å². The zero-order chi connectivity index (χ0) is 20.3. The van der Waals surface area contributed by atoms with E-state index in [0.717, 1.165) is 0 Å². The van der Waals surface area contributed by atoms with Crippen molar-refractivity contribution in [3.05, 3.63) is 0 Å². The van der Waals surface area contributed by atoms with Crippen molar-refractivity contribution >= 4 is 23.7 Å². The van der Waals surface area contributed by atoms with Gasteiger partial charge in [-0.05, 0) is 38.6 Å². The Morgan fingerprint density at radius 3 is 2.00 bits per heavy atom. The van der Waals surface area contributed by atoms with Crippen molar-refractivity contribution in [1.82, 2.24) is 16.0 Å². The van der Waals surface area contributed by atoms with E-state index < -0.39 is 41.8 Å². The predicted molar refractivity (Wildman–Crippen MR) is 95.9 cm³/mol. The van der Waals surface area contributed by atoms with Crippen molar-refractivity contribution in [2.24, 2.45) is 17.4 Å². The summed E-state index contributed by atoms with van der Waals surface area (Å²) >= 11 is 0. The van der Waals surface area contributed by atoms with Gasteiger partial charge in [0.2, 0.25) is 17.7 Å². The molecule has 150 valence electrons. The third-order valence-corrected chi connectivity index (χ3v) is 3.77. The van der Waals surface area contributed by atoms with E-state index in [0.29, 0.717) is 25.8 Å². The molecule has 3 amide bonds. The molecule has 0 spiro atoms. The number of aliphatic carboxylic acids is 1. The second-order valence-electron chi connectivity index (χ2n) is 6.41. The highest BCUT2D eigenvalue weighted by atomic mass is 16.4. The van der Waals surface area contributed by atoms with Gasteiger partial charge in [-0.1, -0.05) is 13.8 Å². The number of carboxylic acids is 1. The van der Waals surface area contributed by atoms with E-state index >= 15 is 0 Å². The molecule has 0 aliphatic carbocycles. The minimum absolute atomic E-state index is 0.257. The summed E-state index contributed by atoms with van der Waals surface area (Å²) in [6, 6.07) is -2.87. The summed E-state index contributed by atoms with van der Waals surface area (Å²) in [4.78, 5) is 47.2. The Hall–Kier alpha value is -2.20. The fourth-order valence-electron chi connectivity index (χ4n) is 2.19. The Labute approximate surface area is 153 Å². The minimum Gasteiger partial charge on any atom is -0.480 e. The highest BCUT2D eigenvalue weighted by Crippen LogP contribution is 2.06. The number of rotatable bonds is 12. The minimum atomic E-state index is -1.15. The molecule has 0 fully saturated rings. The zero-order valence-corrected chi connectivity index (χ0v) is 15.6. The largest absolute Gasteiger partial charge is 0.480 e. The summed E-state index contributed by atoms with van der Waals surface area (Å²) in [6.07, 6.45) is 1.54. The molecule has 3 atom stereocenters. The lowest BCUT2D eigenvalue weighted by Crippen LogP contribution is -2.56. The molecule has 0 aliphatic heterocycles. The van der Waals surface area contributed by atoms with E-state index in [1.165, 1.54) is 6.92 Å². The summed E-state index contributed by atoms with van der Waals surface area (Å²) < 4.78 is 0. The van der Waals surface area contributed by atoms with Gasteiger partial charge in [0.05, 0.1) is 6.54 Å². The smallest absolute Gasteiger partial charge is 0.326 e. The van der Waals surface area contributed by atoms with Crippen LogP contribution < -0.4 is 27.4 Å². The van der Waals surface area contributed by atoms with Crippen molar-refractivity contribution in [1.29, 1.82) is 0 Å². The monoisotopic (exact) mass is 373 g/mol. The first-order valence-corrected chi connectivity index (χ1v) is 8.67. The maximum atomic E-state index is 12.5. The van der Waals surface area contributed by atoms with Crippen LogP contribution in [-0.2, 0) is 19.2 Å². The van der Waals surface area contributed by atoms with Gasteiger partial charge in [0.15, 0.2) is 0 Å². The number of nitrogens with one attached hydrogen (secondary N) is 3. The summed E-state index contributed by atoms with van der Waals surface area (Å²) in [5, 5.41) is 16.6. The van der Waals surface area contributed by atoms with Crippen LogP contribution in [0.2, 0.25) is 0 Å². The Morgan fingerprint density at radius 1 is 0.923 bits per heavy atom. The van der Waals surface area contributed by atoms with Crippen molar-refractivity contribution < 1.29 is 24.3 Å². The molecule has 8 N–H and O–H groups in total. The first-order valence-electron chi connectivity index (χ1n) is 8.67. The van der Waals surface area contributed by atoms with Crippen LogP contribution in [0.1, 0.15) is 40.0 Å². The molecule has 0 saturated carbocycles. The highest BCUT2D eigenvalue weighted by molar-refractivity contribution is 5.93. The van der Waals surface area contributed by atoms with Gasteiger partial charge in [0, 0.05) is 0 Å². The Balaban J connectivity index is 5.02. The molecule has 26 heavy (non-hydrogen) atoms. The molecule has 0 radical (unpaired) electrons. The van der Waals surface area contributed by atoms with E-state index in [1.807, 2.05) is 0 Å². The number of nitrogens with two attached hydrogens (primary N) is 2. The summed E-state index contributed by atoms with van der Waals surface area (Å²) in [6.45, 7) is 4.99. The molecule has 0 aromatic carbocycles. The SMILES string of the molecule is CC(NC(=O)CN)C(=O)NC(CCCCN)C(=O)NC(C(=O)O)C(C)C. The van der Waals surface area contributed by atoms with E-state index in [4.69, 9.17) is 11.5 Å². The molecular formula is C16H31N5O5. The number of hydrogen-bond acceptors (Lipinski definition) is 6. The lowest BCUT2D eigenvalue weighted by Gasteiger charge is -2.24. The van der Waals surface area contributed by atoms with E-state index in [2.05, 4.69) is 16.0 Å². The van der Waals surface area contributed by atoms with Crippen molar-refractivity contribution in [2.75, 3.05) is 13.1 Å². The number of amides is 3. The summed E-state index contributed by atoms with van der Waals surface area (Å²) in [7, 11) is 0. The molecule has 10 nitrogen and oxygen atoms in total. The molecule has 0 aromatic rings. The molecule has 10 heteroatoms. The standard InChI is InChI=1S/C16H31N5O5/c1-9(2)13(16(25)26)21-15(24)11(6-4-5-7-17)20-14(23)10(3)19-12(22)8-18/h9-11,13H,4-8,17-18H2,1-3H3,(H,19,22)(H,20,23)(H,21,24)(H,25,26). The Kier molecular flexibility index (Phi) is 11.2. The molecule has 0 aromatic heterocycles. The van der Waals surface area contributed by atoms with Crippen LogP contribution >= 0.6 is 0 Å². The maximum Gasteiger partial charge on any atom is 0.326 e. The van der Waals surface area contributed by atoms with E-state index in [-0.39, 0.29) is 12.5 Å². The fourth-order valence-corrected chi connectivity index (χ4v) is 2.19. The fraction of sp³-hybridized carbons (Fsp3) is 0.750. The second-order valence-corrected chi connectivity index (χ2v) is 6.41. The quantitative estimate of drug-likeness (QED) is 0.221. The van der Waals surface area contributed by atoms with E-state index in [9.17, 15) is 24.3 Å². The van der Waals surface area contributed by atoms with Crippen LogP contribution in [0, 0.1) is 5.92 Å². The van der Waals surface area contributed by atoms with Crippen LogP contribution in [0.5, 0.6) is 0 Å². The third-order valence-electron chi connectivity index (χ3n) is 3.77. The molecule has 0 bridgehead atoms. The zero-order valence-electron chi connectivity index (χ0n) is 15.6. The molecular weight excluding hydrogens is 342 g/mol. The van der Waals surface area contributed by atoms with Crippen molar-refractivity contribution in [3.8, 4) is 0 Å². The molecule has 3 unspecified atom stereocenters. The number of unbranched alkanes of at least 4 members (excludes halogenated alkanes) is 1. The molecule has 0 aliphatic rings. The molecule has 0 heterocycles. The van der Waals surface area contributed by atoms with Gasteiger partial charge < -0.3 is 32.5 Å². The lowest BCUT2D eigenvalue weighted by molar-refractivity contribution is -0.143. The number of carbonyl (C=O) groups is 4. The summed E-state index contributed by atoms with van der Waals surface area (Å²) in [5.41, 5.74) is 10.6. The second kappa shape index (κ2) is 12.2. The molecule has 0 saturated heterocycles. The first-order chi connectivity index (χ1) is 12.1. The Bertz CT molecular complexity index is 497. The van der Waals surface area contributed by atoms with Gasteiger partial charge in [-0.2, -0.15) is 0 Å². The van der Waals surface area contributed by atoms with Gasteiger partial charge >= 0.3 is 5.97 Å². The average Bonchev–Trinajstić information content (AvgIpc) is 2.57.